The molecule has 0 aliphatic carbocycles. The van der Waals surface area contributed by atoms with E-state index in [0.717, 1.165) is 61.5 Å². The maximum Gasteiger partial charge on any atom is 0.188 e. The van der Waals surface area contributed by atoms with E-state index in [4.69, 9.17) is 14.7 Å². The van der Waals surface area contributed by atoms with Crippen LogP contribution in [-0.2, 0) is 7.05 Å². The molecule has 1 aliphatic rings. The molecule has 0 atom stereocenters. The van der Waals surface area contributed by atoms with E-state index in [1.165, 1.54) is 41.5 Å². The highest BCUT2D eigenvalue weighted by Gasteiger charge is 2.48. The third kappa shape index (κ3) is 5.92. The molecule has 13 rings (SSSR count). The van der Waals surface area contributed by atoms with Crippen LogP contribution in [0.25, 0.3) is 50.0 Å². The van der Waals surface area contributed by atoms with Gasteiger partial charge in [-0.15, -0.1) is 0 Å². The smallest absolute Gasteiger partial charge is 0.188 e. The highest BCUT2D eigenvalue weighted by atomic mass is 28.3. The molecular formula is C61H44N4OSi2. The molecule has 5 nitrogen and oxygen atoms in total. The lowest BCUT2D eigenvalue weighted by atomic mass is 10.1. The first-order chi connectivity index (χ1) is 33.6. The maximum atomic E-state index is 7.08. The molecule has 9 aromatic carbocycles. The van der Waals surface area contributed by atoms with Gasteiger partial charge in [0.15, 0.2) is 16.1 Å². The highest BCUT2D eigenvalue weighted by Crippen LogP contribution is 2.38. The Labute approximate surface area is 396 Å². The minimum Gasteiger partial charge on any atom is -0.458 e. The van der Waals surface area contributed by atoms with Gasteiger partial charge in [-0.1, -0.05) is 194 Å². The van der Waals surface area contributed by atoms with Gasteiger partial charge < -0.3 is 9.30 Å². The summed E-state index contributed by atoms with van der Waals surface area (Å²) in [6, 6.07) is 89.1. The second kappa shape index (κ2) is 15.9. The average molecular weight is 905 g/mol. The van der Waals surface area contributed by atoms with E-state index in [-0.39, 0.29) is 0 Å². The van der Waals surface area contributed by atoms with Crippen molar-refractivity contribution in [1.82, 2.24) is 19.1 Å². The third-order valence-corrected chi connectivity index (χ3v) is 23.8. The van der Waals surface area contributed by atoms with Gasteiger partial charge in [0.1, 0.15) is 23.1 Å². The lowest BCUT2D eigenvalue weighted by molar-refractivity contribution is 0.488. The van der Waals surface area contributed by atoms with Crippen molar-refractivity contribution in [1.29, 1.82) is 0 Å². The standard InChI is InChI=1S/C61H44N4OSi2/c1-64-53-32-15-14-31-52(53)63-61(64)43-21-20-30-48(39-43)67(44-22-6-2-7-23-44,45-24-8-3-9-25-45)49-36-37-50-51-41-57-59(42-55(51)65(54(50)40-49)60-35-18-19-38-62-60)68(46-26-10-4-11-27-46,47-28-12-5-13-29-47)58-34-17-16-33-56(58)66-57/h2-42H,1H3. The number of nitrogens with zero attached hydrogens (tertiary/aromatic N) is 4. The Hall–Kier alpha value is -8.37. The average Bonchev–Trinajstić information content (AvgIpc) is 3.92. The Balaban J connectivity index is 1.13. The number of para-hydroxylation sites is 3. The summed E-state index contributed by atoms with van der Waals surface area (Å²) in [5, 5.41) is 12.5. The Bertz CT molecular complexity index is 3760. The van der Waals surface area contributed by atoms with E-state index in [1.54, 1.807) is 0 Å². The minimum atomic E-state index is -3.08. The third-order valence-electron chi connectivity index (χ3n) is 14.3. The van der Waals surface area contributed by atoms with Gasteiger partial charge in [-0.25, -0.2) is 9.97 Å². The van der Waals surface area contributed by atoms with Gasteiger partial charge in [0.25, 0.3) is 0 Å². The molecule has 0 saturated carbocycles. The van der Waals surface area contributed by atoms with Crippen molar-refractivity contribution in [3.8, 4) is 28.7 Å². The number of pyridine rings is 1. The van der Waals surface area contributed by atoms with E-state index in [2.05, 4.69) is 253 Å². The van der Waals surface area contributed by atoms with Crippen LogP contribution in [0.5, 0.6) is 11.5 Å². The number of imidazole rings is 1. The van der Waals surface area contributed by atoms with Crippen molar-refractivity contribution in [2.24, 2.45) is 7.05 Å². The lowest BCUT2D eigenvalue weighted by Crippen LogP contribution is -2.76. The Morgan fingerprint density at radius 1 is 0.441 bits per heavy atom. The summed E-state index contributed by atoms with van der Waals surface area (Å²) in [7, 11) is -3.91. The first kappa shape index (κ1) is 40.0. The van der Waals surface area contributed by atoms with Crippen molar-refractivity contribution in [3.05, 3.63) is 249 Å². The van der Waals surface area contributed by atoms with Gasteiger partial charge in [0.2, 0.25) is 0 Å². The molecule has 0 spiro atoms. The number of ether oxygens (including phenoxy) is 1. The largest absolute Gasteiger partial charge is 0.458 e. The summed E-state index contributed by atoms with van der Waals surface area (Å²) in [4.78, 5) is 10.3. The predicted octanol–water partition coefficient (Wildman–Crippen LogP) is 8.59. The van der Waals surface area contributed by atoms with E-state index in [0.29, 0.717) is 0 Å². The van der Waals surface area contributed by atoms with E-state index in [9.17, 15) is 0 Å². The van der Waals surface area contributed by atoms with Gasteiger partial charge in [-0.2, -0.15) is 0 Å². The number of hydrogen-bond acceptors (Lipinski definition) is 3. The highest BCUT2D eigenvalue weighted by molar-refractivity contribution is 7.21. The van der Waals surface area contributed by atoms with Crippen molar-refractivity contribution < 1.29 is 4.74 Å². The maximum absolute atomic E-state index is 7.08. The van der Waals surface area contributed by atoms with Gasteiger partial charge in [-0.05, 0) is 90.0 Å². The quantitative estimate of drug-likeness (QED) is 0.114. The van der Waals surface area contributed by atoms with E-state index in [1.807, 2.05) is 12.3 Å². The van der Waals surface area contributed by atoms with E-state index >= 15 is 0 Å². The molecule has 0 N–H and O–H groups in total. The molecule has 68 heavy (non-hydrogen) atoms. The van der Waals surface area contributed by atoms with Crippen LogP contribution in [0.15, 0.2) is 249 Å². The summed E-state index contributed by atoms with van der Waals surface area (Å²) in [6.45, 7) is 0. The summed E-state index contributed by atoms with van der Waals surface area (Å²) in [5.41, 5.74) is 5.37. The van der Waals surface area contributed by atoms with Crippen LogP contribution in [0.3, 0.4) is 0 Å². The molecule has 0 amide bonds. The number of rotatable bonds is 8. The van der Waals surface area contributed by atoms with Gasteiger partial charge in [0, 0.05) is 29.6 Å². The Morgan fingerprint density at radius 3 is 1.74 bits per heavy atom. The monoisotopic (exact) mass is 904 g/mol. The number of fused-ring (bicyclic) bond motifs is 6. The SMILES string of the molecule is Cn1c(-c2cccc([Si](c3ccccc3)(c3ccccc3)c3ccc4c5cc6c(cc5n(-c5ccccn5)c4c3)[Si](c3ccccc3)(c3ccccc3)c3ccccc3O6)c2)nc2ccccc21. The molecule has 12 aromatic rings. The molecule has 322 valence electrons. The fourth-order valence-corrected chi connectivity index (χ4v) is 21.1. The van der Waals surface area contributed by atoms with Crippen molar-refractivity contribution in [2.45, 2.75) is 0 Å². The number of aryl methyl sites for hydroxylation is 1. The fraction of sp³-hybridized carbons (Fsp3) is 0.0164. The molecular weight excluding hydrogens is 861 g/mol. The number of hydrogen-bond donors (Lipinski definition) is 0. The van der Waals surface area contributed by atoms with Crippen LogP contribution in [0.4, 0.5) is 0 Å². The van der Waals surface area contributed by atoms with Gasteiger partial charge >= 0.3 is 0 Å². The van der Waals surface area contributed by atoms with Crippen molar-refractivity contribution >= 4 is 90.5 Å². The molecule has 0 unspecified atom stereocenters. The molecule has 4 heterocycles. The summed E-state index contributed by atoms with van der Waals surface area (Å²) < 4.78 is 11.7. The van der Waals surface area contributed by atoms with Crippen LogP contribution in [0.1, 0.15) is 0 Å². The Kier molecular flexibility index (Phi) is 9.35. The van der Waals surface area contributed by atoms with Gasteiger partial charge in [-0.3, -0.25) is 4.57 Å². The van der Waals surface area contributed by atoms with Crippen LogP contribution < -0.4 is 46.2 Å². The second-order valence-corrected chi connectivity index (χ2v) is 25.3. The fourth-order valence-electron chi connectivity index (χ4n) is 11.4. The zero-order valence-corrected chi connectivity index (χ0v) is 39.4. The summed E-state index contributed by atoms with van der Waals surface area (Å²) >= 11 is 0. The van der Waals surface area contributed by atoms with Crippen molar-refractivity contribution in [3.63, 3.8) is 0 Å². The zero-order chi connectivity index (χ0) is 45.2. The summed E-state index contributed by atoms with van der Waals surface area (Å²) in [5.74, 6) is 3.62. The first-order valence-electron chi connectivity index (χ1n) is 23.2. The molecule has 0 saturated heterocycles. The van der Waals surface area contributed by atoms with Crippen molar-refractivity contribution in [2.75, 3.05) is 0 Å². The normalized spacial score (nSPS) is 13.0. The van der Waals surface area contributed by atoms with Crippen LogP contribution in [-0.4, -0.2) is 35.2 Å². The minimum absolute atomic E-state index is 0.865. The zero-order valence-electron chi connectivity index (χ0n) is 37.4. The topological polar surface area (TPSA) is 44.9 Å². The predicted molar refractivity (Wildman–Crippen MR) is 286 cm³/mol. The van der Waals surface area contributed by atoms with Crippen LogP contribution in [0.2, 0.25) is 0 Å². The van der Waals surface area contributed by atoms with E-state index < -0.39 is 16.1 Å². The molecule has 1 aliphatic heterocycles. The molecule has 0 bridgehead atoms. The second-order valence-electron chi connectivity index (χ2n) is 17.7. The van der Waals surface area contributed by atoms with Crippen LogP contribution >= 0.6 is 0 Å². The number of benzene rings is 9. The number of aromatic nitrogens is 4. The molecule has 0 fully saturated rings. The molecule has 3 aromatic heterocycles. The lowest BCUT2D eigenvalue weighted by Gasteiger charge is -2.39. The van der Waals surface area contributed by atoms with Gasteiger partial charge in [0.05, 0.1) is 22.1 Å². The van der Waals surface area contributed by atoms with Crippen LogP contribution in [0, 0.1) is 0 Å². The first-order valence-corrected chi connectivity index (χ1v) is 27.2. The summed E-state index contributed by atoms with van der Waals surface area (Å²) in [6.07, 6.45) is 1.90. The molecule has 7 heteroatoms. The Morgan fingerprint density at radius 2 is 1.04 bits per heavy atom. The molecule has 0 radical (unpaired) electrons.